The Hall–Kier alpha value is -1.06. The predicted molar refractivity (Wildman–Crippen MR) is 49.8 cm³/mol. The maximum Gasteiger partial charge on any atom is 0.265 e. The maximum atomic E-state index is 5.21. The molecule has 0 bridgehead atoms. The molecular weight excluding hydrogens is 166 g/mol. The highest BCUT2D eigenvalue weighted by atomic mass is 16.5. The van der Waals surface area contributed by atoms with Gasteiger partial charge in [-0.2, -0.15) is 4.98 Å². The molecule has 1 saturated carbocycles. The molecule has 0 atom stereocenters. The normalized spacial score (nSPS) is 18.0. The molecule has 0 aliphatic heterocycles. The van der Waals surface area contributed by atoms with Crippen LogP contribution < -0.4 is 4.90 Å². The second-order valence-corrected chi connectivity index (χ2v) is 3.81. The van der Waals surface area contributed by atoms with Crippen molar-refractivity contribution >= 4 is 5.95 Å². The van der Waals surface area contributed by atoms with Gasteiger partial charge < -0.3 is 9.42 Å². The van der Waals surface area contributed by atoms with E-state index in [4.69, 9.17) is 4.52 Å². The predicted octanol–water partition coefficient (Wildman–Crippen LogP) is 1.79. The van der Waals surface area contributed by atoms with Gasteiger partial charge in [-0.15, -0.1) is 0 Å². The molecule has 72 valence electrons. The molecule has 0 spiro atoms. The average molecular weight is 181 g/mol. The van der Waals surface area contributed by atoms with Gasteiger partial charge in [0.05, 0.1) is 0 Å². The molecule has 0 unspecified atom stereocenters. The lowest BCUT2D eigenvalue weighted by molar-refractivity contribution is 0.354. The van der Waals surface area contributed by atoms with E-state index in [1.165, 1.54) is 25.7 Å². The Bertz CT molecular complexity index is 276. The zero-order valence-corrected chi connectivity index (χ0v) is 8.16. The first-order chi connectivity index (χ1) is 6.27. The van der Waals surface area contributed by atoms with Crippen LogP contribution in [0.2, 0.25) is 0 Å². The molecule has 1 heterocycles. The highest BCUT2D eigenvalue weighted by Gasteiger charge is 2.23. The van der Waals surface area contributed by atoms with Crippen LogP contribution >= 0.6 is 0 Å². The molecule has 1 aromatic rings. The van der Waals surface area contributed by atoms with E-state index in [1.54, 1.807) is 0 Å². The molecule has 1 fully saturated rings. The molecule has 1 aliphatic carbocycles. The largest absolute Gasteiger partial charge is 0.344 e. The van der Waals surface area contributed by atoms with Gasteiger partial charge in [0.25, 0.3) is 5.95 Å². The summed E-state index contributed by atoms with van der Waals surface area (Å²) in [7, 11) is 3.84. The van der Waals surface area contributed by atoms with Gasteiger partial charge in [0.15, 0.2) is 0 Å². The van der Waals surface area contributed by atoms with Crippen LogP contribution in [0.15, 0.2) is 4.52 Å². The molecule has 1 aromatic heterocycles. The van der Waals surface area contributed by atoms with Crippen LogP contribution in [0.1, 0.15) is 37.5 Å². The summed E-state index contributed by atoms with van der Waals surface area (Å²) in [5.41, 5.74) is 0. The van der Waals surface area contributed by atoms with Crippen LogP contribution in [0.4, 0.5) is 5.95 Å². The lowest BCUT2D eigenvalue weighted by Gasteiger charge is -2.03. The Labute approximate surface area is 77.9 Å². The number of hydrogen-bond acceptors (Lipinski definition) is 4. The Morgan fingerprint density at radius 3 is 2.54 bits per heavy atom. The fourth-order valence-corrected chi connectivity index (χ4v) is 1.75. The second kappa shape index (κ2) is 3.36. The standard InChI is InChI=1S/C9H15N3O/c1-12(2)9-10-8(13-11-9)7-5-3-4-6-7/h7H,3-6H2,1-2H3. The Morgan fingerprint density at radius 2 is 2.00 bits per heavy atom. The van der Waals surface area contributed by atoms with Crippen molar-refractivity contribution in [2.75, 3.05) is 19.0 Å². The minimum Gasteiger partial charge on any atom is -0.344 e. The van der Waals surface area contributed by atoms with Crippen LogP contribution in [-0.2, 0) is 0 Å². The van der Waals surface area contributed by atoms with Gasteiger partial charge in [0, 0.05) is 20.0 Å². The van der Waals surface area contributed by atoms with Crippen LogP contribution in [0.3, 0.4) is 0 Å². The third-order valence-corrected chi connectivity index (χ3v) is 2.54. The van der Waals surface area contributed by atoms with Crippen molar-refractivity contribution in [2.45, 2.75) is 31.6 Å². The van der Waals surface area contributed by atoms with Gasteiger partial charge in [-0.3, -0.25) is 0 Å². The van der Waals surface area contributed by atoms with Crippen LogP contribution in [-0.4, -0.2) is 24.2 Å². The zero-order chi connectivity index (χ0) is 9.26. The summed E-state index contributed by atoms with van der Waals surface area (Å²) >= 11 is 0. The van der Waals surface area contributed by atoms with Crippen LogP contribution in [0, 0.1) is 0 Å². The van der Waals surface area contributed by atoms with Crippen molar-refractivity contribution in [3.63, 3.8) is 0 Å². The number of nitrogens with zero attached hydrogens (tertiary/aromatic N) is 3. The van der Waals surface area contributed by atoms with Gasteiger partial charge in [0.2, 0.25) is 5.89 Å². The average Bonchev–Trinajstić information content (AvgIpc) is 2.75. The molecule has 13 heavy (non-hydrogen) atoms. The van der Waals surface area contributed by atoms with Crippen molar-refractivity contribution in [1.82, 2.24) is 10.1 Å². The lowest BCUT2D eigenvalue weighted by atomic mass is 10.1. The van der Waals surface area contributed by atoms with Crippen molar-refractivity contribution < 1.29 is 4.52 Å². The summed E-state index contributed by atoms with van der Waals surface area (Å²) in [5, 5.41) is 3.90. The zero-order valence-electron chi connectivity index (χ0n) is 8.16. The van der Waals surface area contributed by atoms with Crippen molar-refractivity contribution in [3.05, 3.63) is 5.89 Å². The van der Waals surface area contributed by atoms with Crippen molar-refractivity contribution in [1.29, 1.82) is 0 Å². The lowest BCUT2D eigenvalue weighted by Crippen LogP contribution is -2.10. The summed E-state index contributed by atoms with van der Waals surface area (Å²) in [6.07, 6.45) is 5.00. The first-order valence-electron chi connectivity index (χ1n) is 4.78. The molecular formula is C9H15N3O. The summed E-state index contributed by atoms with van der Waals surface area (Å²) < 4.78 is 5.21. The number of aromatic nitrogens is 2. The van der Waals surface area contributed by atoms with E-state index in [0.29, 0.717) is 11.9 Å². The molecule has 4 heteroatoms. The number of anilines is 1. The maximum absolute atomic E-state index is 5.21. The fourth-order valence-electron chi connectivity index (χ4n) is 1.75. The Balaban J connectivity index is 2.12. The molecule has 0 saturated heterocycles. The molecule has 0 radical (unpaired) electrons. The Kier molecular flexibility index (Phi) is 2.20. The van der Waals surface area contributed by atoms with E-state index in [2.05, 4.69) is 10.1 Å². The summed E-state index contributed by atoms with van der Waals surface area (Å²) in [6, 6.07) is 0. The van der Waals surface area contributed by atoms with E-state index >= 15 is 0 Å². The SMILES string of the molecule is CN(C)c1noc(C2CCCC2)n1. The third-order valence-electron chi connectivity index (χ3n) is 2.54. The van der Waals surface area contributed by atoms with E-state index in [1.807, 2.05) is 19.0 Å². The van der Waals surface area contributed by atoms with Gasteiger partial charge in [0.1, 0.15) is 0 Å². The van der Waals surface area contributed by atoms with Crippen molar-refractivity contribution in [3.8, 4) is 0 Å². The fraction of sp³-hybridized carbons (Fsp3) is 0.778. The molecule has 4 nitrogen and oxygen atoms in total. The van der Waals surface area contributed by atoms with E-state index < -0.39 is 0 Å². The summed E-state index contributed by atoms with van der Waals surface area (Å²) in [5.74, 6) is 2.02. The topological polar surface area (TPSA) is 42.2 Å². The van der Waals surface area contributed by atoms with Crippen LogP contribution in [0.25, 0.3) is 0 Å². The number of hydrogen-bond donors (Lipinski definition) is 0. The molecule has 0 N–H and O–H groups in total. The van der Waals surface area contributed by atoms with Crippen molar-refractivity contribution in [2.24, 2.45) is 0 Å². The van der Waals surface area contributed by atoms with E-state index in [9.17, 15) is 0 Å². The minimum absolute atomic E-state index is 0.515. The quantitative estimate of drug-likeness (QED) is 0.697. The summed E-state index contributed by atoms with van der Waals surface area (Å²) in [4.78, 5) is 6.20. The first kappa shape index (κ1) is 8.53. The van der Waals surface area contributed by atoms with Gasteiger partial charge in [-0.05, 0) is 18.0 Å². The third kappa shape index (κ3) is 1.66. The minimum atomic E-state index is 0.515. The van der Waals surface area contributed by atoms with Gasteiger partial charge >= 0.3 is 0 Å². The van der Waals surface area contributed by atoms with Gasteiger partial charge in [-0.25, -0.2) is 0 Å². The smallest absolute Gasteiger partial charge is 0.265 e. The van der Waals surface area contributed by atoms with E-state index in [-0.39, 0.29) is 0 Å². The molecule has 0 aromatic carbocycles. The molecule has 1 aliphatic rings. The van der Waals surface area contributed by atoms with E-state index in [0.717, 1.165) is 5.89 Å². The Morgan fingerprint density at radius 1 is 1.31 bits per heavy atom. The summed E-state index contributed by atoms with van der Waals surface area (Å²) in [6.45, 7) is 0. The van der Waals surface area contributed by atoms with Gasteiger partial charge in [-0.1, -0.05) is 12.8 Å². The molecule has 0 amide bonds. The molecule has 2 rings (SSSR count). The number of rotatable bonds is 2. The monoisotopic (exact) mass is 181 g/mol. The highest BCUT2D eigenvalue weighted by molar-refractivity contribution is 5.24. The second-order valence-electron chi connectivity index (χ2n) is 3.81. The van der Waals surface area contributed by atoms with Crippen LogP contribution in [0.5, 0.6) is 0 Å². The highest BCUT2D eigenvalue weighted by Crippen LogP contribution is 2.33. The first-order valence-corrected chi connectivity index (χ1v) is 4.78.